The van der Waals surface area contributed by atoms with Crippen LogP contribution in [-0.2, 0) is 26.0 Å². The summed E-state index contributed by atoms with van der Waals surface area (Å²) in [7, 11) is -4.04. The summed E-state index contributed by atoms with van der Waals surface area (Å²) in [6, 6.07) is 21.4. The number of aromatic amines is 1. The number of hydrogen-bond donors (Lipinski definition) is 1. The van der Waals surface area contributed by atoms with E-state index in [4.69, 9.17) is 0 Å². The first-order valence-electron chi connectivity index (χ1n) is 11.1. The number of aromatic nitrogens is 1. The second-order valence-corrected chi connectivity index (χ2v) is 11.1. The Labute approximate surface area is 211 Å². The van der Waals surface area contributed by atoms with E-state index in [1.807, 2.05) is 30.5 Å². The normalized spacial score (nSPS) is 16.5. The van der Waals surface area contributed by atoms with E-state index in [9.17, 15) is 18.0 Å². The first kappa shape index (κ1) is 23.5. The number of hydrogen-bond acceptors (Lipinski definition) is 4. The number of anilines is 1. The summed E-state index contributed by atoms with van der Waals surface area (Å²) in [4.78, 5) is 30.8. The Morgan fingerprint density at radius 1 is 0.943 bits per heavy atom. The van der Waals surface area contributed by atoms with E-state index in [0.29, 0.717) is 12.1 Å². The molecule has 1 unspecified atom stereocenters. The van der Waals surface area contributed by atoms with Gasteiger partial charge < -0.3 is 4.98 Å². The number of nitrogens with one attached hydrogen (secondary N) is 1. The van der Waals surface area contributed by atoms with Crippen molar-refractivity contribution in [2.45, 2.75) is 23.8 Å². The second-order valence-electron chi connectivity index (χ2n) is 8.30. The van der Waals surface area contributed by atoms with Gasteiger partial charge in [0.2, 0.25) is 15.9 Å². The van der Waals surface area contributed by atoms with Crippen LogP contribution in [0.1, 0.15) is 12.0 Å². The molecule has 0 saturated carbocycles. The van der Waals surface area contributed by atoms with Crippen molar-refractivity contribution >= 4 is 54.4 Å². The summed E-state index contributed by atoms with van der Waals surface area (Å²) >= 11 is 3.35. The number of imide groups is 1. The van der Waals surface area contributed by atoms with Crippen LogP contribution in [0.15, 0.2) is 94.4 Å². The lowest BCUT2D eigenvalue weighted by molar-refractivity contribution is -0.122. The summed E-state index contributed by atoms with van der Waals surface area (Å²) < 4.78 is 29.4. The minimum atomic E-state index is -4.04. The third-order valence-corrected chi connectivity index (χ3v) is 8.63. The number of para-hydroxylation sites is 1. The van der Waals surface area contributed by atoms with Crippen molar-refractivity contribution in [2.24, 2.45) is 0 Å². The van der Waals surface area contributed by atoms with E-state index < -0.39 is 27.9 Å². The van der Waals surface area contributed by atoms with E-state index in [2.05, 4.69) is 20.9 Å². The monoisotopic (exact) mass is 551 g/mol. The van der Waals surface area contributed by atoms with E-state index in [0.717, 1.165) is 25.8 Å². The van der Waals surface area contributed by atoms with E-state index in [1.165, 1.54) is 16.4 Å². The van der Waals surface area contributed by atoms with Crippen LogP contribution < -0.4 is 4.90 Å². The molecule has 178 valence electrons. The maximum atomic E-state index is 13.7. The molecule has 3 aromatic carbocycles. The predicted octanol–water partition coefficient (Wildman–Crippen LogP) is 4.50. The average molecular weight is 552 g/mol. The topological polar surface area (TPSA) is 90.5 Å². The second kappa shape index (κ2) is 9.41. The van der Waals surface area contributed by atoms with Crippen LogP contribution in [0.25, 0.3) is 10.9 Å². The van der Waals surface area contributed by atoms with Gasteiger partial charge in [-0.15, -0.1) is 0 Å². The molecule has 1 fully saturated rings. The Balaban J connectivity index is 1.50. The van der Waals surface area contributed by atoms with Gasteiger partial charge in [-0.3, -0.25) is 9.59 Å². The number of benzene rings is 3. The van der Waals surface area contributed by atoms with E-state index >= 15 is 0 Å². The number of H-pyrrole nitrogens is 1. The van der Waals surface area contributed by atoms with Gasteiger partial charge in [0, 0.05) is 28.1 Å². The molecule has 1 aliphatic rings. The largest absolute Gasteiger partial charge is 0.361 e. The lowest BCUT2D eigenvalue weighted by Crippen LogP contribution is -2.46. The highest BCUT2D eigenvalue weighted by Gasteiger charge is 2.46. The Morgan fingerprint density at radius 2 is 1.63 bits per heavy atom. The molecule has 1 aromatic heterocycles. The molecule has 1 N–H and O–H groups in total. The number of fused-ring (bicyclic) bond motifs is 1. The molecule has 0 aliphatic carbocycles. The fourth-order valence-corrected chi connectivity index (χ4v) is 6.31. The molecule has 2 amide bonds. The first-order chi connectivity index (χ1) is 16.9. The van der Waals surface area contributed by atoms with Crippen molar-refractivity contribution in [3.05, 3.63) is 95.1 Å². The molecule has 1 aliphatic heterocycles. The van der Waals surface area contributed by atoms with Crippen LogP contribution in [0, 0.1) is 0 Å². The number of sulfonamides is 1. The van der Waals surface area contributed by atoms with Gasteiger partial charge in [-0.2, -0.15) is 4.31 Å². The van der Waals surface area contributed by atoms with Crippen LogP contribution >= 0.6 is 15.9 Å². The van der Waals surface area contributed by atoms with Gasteiger partial charge in [0.1, 0.15) is 6.04 Å². The summed E-state index contributed by atoms with van der Waals surface area (Å²) in [5.41, 5.74) is 2.31. The Morgan fingerprint density at radius 3 is 2.37 bits per heavy atom. The molecule has 2 heterocycles. The fourth-order valence-electron chi connectivity index (χ4n) is 4.44. The molecule has 9 heteroatoms. The maximum absolute atomic E-state index is 13.7. The van der Waals surface area contributed by atoms with Crippen molar-refractivity contribution in [3.63, 3.8) is 0 Å². The maximum Gasteiger partial charge on any atom is 0.252 e. The summed E-state index contributed by atoms with van der Waals surface area (Å²) in [6.07, 6.45) is 2.02. The van der Waals surface area contributed by atoms with Crippen LogP contribution in [0.3, 0.4) is 0 Å². The Hall–Kier alpha value is -3.27. The van der Waals surface area contributed by atoms with Crippen molar-refractivity contribution in [3.8, 4) is 0 Å². The van der Waals surface area contributed by atoms with Gasteiger partial charge in [-0.25, -0.2) is 13.3 Å². The van der Waals surface area contributed by atoms with Crippen LogP contribution in [0.2, 0.25) is 0 Å². The number of halogens is 1. The molecule has 4 aromatic rings. The summed E-state index contributed by atoms with van der Waals surface area (Å²) in [5, 5.41) is 0.995. The zero-order valence-electron chi connectivity index (χ0n) is 18.6. The highest BCUT2D eigenvalue weighted by Crippen LogP contribution is 2.30. The zero-order valence-corrected chi connectivity index (χ0v) is 21.0. The van der Waals surface area contributed by atoms with Crippen LogP contribution in [0.5, 0.6) is 0 Å². The van der Waals surface area contributed by atoms with Gasteiger partial charge in [-0.1, -0.05) is 52.3 Å². The van der Waals surface area contributed by atoms with Gasteiger partial charge in [-0.05, 0) is 54.4 Å². The standard InChI is InChI=1S/C26H22BrN3O4S/c27-19-10-12-20(13-11-19)30-25(31)16-24(26(30)32)29(35(33,34)21-6-2-1-3-7-21)15-14-18-17-28-23-9-5-4-8-22(18)23/h1-13,17,24,28H,14-16H2. The van der Waals surface area contributed by atoms with Crippen LogP contribution in [0.4, 0.5) is 5.69 Å². The molecular weight excluding hydrogens is 530 g/mol. The average Bonchev–Trinajstić information content (AvgIpc) is 3.40. The van der Waals surface area contributed by atoms with Gasteiger partial charge >= 0.3 is 0 Å². The highest BCUT2D eigenvalue weighted by atomic mass is 79.9. The van der Waals surface area contributed by atoms with Gasteiger partial charge in [0.05, 0.1) is 17.0 Å². The molecule has 0 bridgehead atoms. The number of carbonyl (C=O) groups is 2. The quantitative estimate of drug-likeness (QED) is 0.342. The number of carbonyl (C=O) groups excluding carboxylic acids is 2. The molecule has 35 heavy (non-hydrogen) atoms. The lowest BCUT2D eigenvalue weighted by Gasteiger charge is -2.27. The Bertz CT molecular complexity index is 1500. The van der Waals surface area contributed by atoms with Gasteiger partial charge in [0.15, 0.2) is 0 Å². The van der Waals surface area contributed by atoms with E-state index in [-0.39, 0.29) is 17.9 Å². The molecule has 5 rings (SSSR count). The van der Waals surface area contributed by atoms with Crippen molar-refractivity contribution < 1.29 is 18.0 Å². The Kier molecular flexibility index (Phi) is 6.31. The molecule has 1 atom stereocenters. The summed E-state index contributed by atoms with van der Waals surface area (Å²) in [6.45, 7) is 0.0525. The lowest BCUT2D eigenvalue weighted by atomic mass is 10.1. The van der Waals surface area contributed by atoms with Crippen molar-refractivity contribution in [1.82, 2.24) is 9.29 Å². The first-order valence-corrected chi connectivity index (χ1v) is 13.3. The molecule has 0 radical (unpaired) electrons. The minimum absolute atomic E-state index is 0.0525. The number of nitrogens with zero attached hydrogens (tertiary/aromatic N) is 2. The number of rotatable bonds is 7. The molecule has 7 nitrogen and oxygen atoms in total. The highest BCUT2D eigenvalue weighted by molar-refractivity contribution is 9.10. The van der Waals surface area contributed by atoms with Gasteiger partial charge in [0.25, 0.3) is 5.91 Å². The predicted molar refractivity (Wildman–Crippen MR) is 137 cm³/mol. The number of amides is 2. The summed E-state index contributed by atoms with van der Waals surface area (Å²) in [5.74, 6) is -0.974. The van der Waals surface area contributed by atoms with Crippen LogP contribution in [-0.4, -0.2) is 42.1 Å². The van der Waals surface area contributed by atoms with E-state index in [1.54, 1.807) is 42.5 Å². The van der Waals surface area contributed by atoms with Crippen molar-refractivity contribution in [1.29, 1.82) is 0 Å². The molecule has 1 saturated heterocycles. The van der Waals surface area contributed by atoms with Crippen molar-refractivity contribution in [2.75, 3.05) is 11.4 Å². The zero-order chi connectivity index (χ0) is 24.6. The smallest absolute Gasteiger partial charge is 0.252 e. The third kappa shape index (κ3) is 4.42. The molecule has 0 spiro atoms. The fraction of sp³-hybridized carbons (Fsp3) is 0.154. The molecular formula is C26H22BrN3O4S. The minimum Gasteiger partial charge on any atom is -0.361 e. The third-order valence-electron chi connectivity index (χ3n) is 6.18. The SMILES string of the molecule is O=C1CC(N(CCc2c[nH]c3ccccc23)S(=O)(=O)c2ccccc2)C(=O)N1c1ccc(Br)cc1.